The van der Waals surface area contributed by atoms with Gasteiger partial charge in [0.25, 0.3) is 0 Å². The van der Waals surface area contributed by atoms with Crippen LogP contribution in [-0.2, 0) is 9.59 Å². The Labute approximate surface area is 109 Å². The normalized spacial score (nSPS) is 11.1. The second-order valence-electron chi connectivity index (χ2n) is 4.07. The number of hydrogen-bond donors (Lipinski definition) is 1. The summed E-state index contributed by atoms with van der Waals surface area (Å²) in [4.78, 5) is 21.6. The van der Waals surface area contributed by atoms with Crippen LogP contribution in [0.25, 0.3) is 17.0 Å². The number of rotatable bonds is 3. The monoisotopic (exact) mass is 260 g/mol. The van der Waals surface area contributed by atoms with Crippen LogP contribution < -0.4 is 4.74 Å². The van der Waals surface area contributed by atoms with Gasteiger partial charge in [0, 0.05) is 30.0 Å². The second kappa shape index (κ2) is 4.97. The van der Waals surface area contributed by atoms with Gasteiger partial charge in [0.2, 0.25) is 0 Å². The van der Waals surface area contributed by atoms with E-state index in [1.54, 1.807) is 18.4 Å². The lowest BCUT2D eigenvalue weighted by atomic mass is 10.1. The van der Waals surface area contributed by atoms with E-state index in [1.807, 2.05) is 6.92 Å². The maximum Gasteiger partial charge on any atom is 0.328 e. The molecule has 19 heavy (non-hydrogen) atoms. The van der Waals surface area contributed by atoms with Crippen molar-refractivity contribution in [1.29, 1.82) is 0 Å². The van der Waals surface area contributed by atoms with Gasteiger partial charge >= 0.3 is 11.9 Å². The fraction of sp³-hybridized carbons (Fsp3) is 0.143. The summed E-state index contributed by atoms with van der Waals surface area (Å²) in [7, 11) is 0. The van der Waals surface area contributed by atoms with E-state index >= 15 is 0 Å². The summed E-state index contributed by atoms with van der Waals surface area (Å²) in [6.07, 6.45) is 3.96. The van der Waals surface area contributed by atoms with E-state index in [0.29, 0.717) is 11.1 Å². The molecule has 0 spiro atoms. The predicted molar refractivity (Wildman–Crippen MR) is 68.9 cm³/mol. The van der Waals surface area contributed by atoms with Crippen LogP contribution in [0.5, 0.6) is 5.75 Å². The zero-order valence-electron chi connectivity index (χ0n) is 10.5. The molecule has 0 radical (unpaired) electrons. The van der Waals surface area contributed by atoms with Gasteiger partial charge in [-0.3, -0.25) is 4.79 Å². The van der Waals surface area contributed by atoms with E-state index < -0.39 is 11.9 Å². The number of aliphatic carboxylic acids is 1. The molecule has 0 fully saturated rings. The van der Waals surface area contributed by atoms with Crippen LogP contribution in [-0.4, -0.2) is 17.0 Å². The van der Waals surface area contributed by atoms with Crippen LogP contribution in [0.4, 0.5) is 0 Å². The van der Waals surface area contributed by atoms with Gasteiger partial charge < -0.3 is 14.3 Å². The molecule has 1 aromatic carbocycles. The Morgan fingerprint density at radius 3 is 2.74 bits per heavy atom. The van der Waals surface area contributed by atoms with Crippen molar-refractivity contribution < 1.29 is 23.8 Å². The van der Waals surface area contributed by atoms with E-state index in [2.05, 4.69) is 0 Å². The zero-order chi connectivity index (χ0) is 14.0. The lowest BCUT2D eigenvalue weighted by Gasteiger charge is -2.05. The highest BCUT2D eigenvalue weighted by Gasteiger charge is 2.10. The Morgan fingerprint density at radius 1 is 1.37 bits per heavy atom. The topological polar surface area (TPSA) is 76.7 Å². The molecule has 1 N–H and O–H groups in total. The Hall–Kier alpha value is -2.56. The van der Waals surface area contributed by atoms with Crippen molar-refractivity contribution in [2.24, 2.45) is 0 Å². The van der Waals surface area contributed by atoms with Crippen molar-refractivity contribution in [3.8, 4) is 5.75 Å². The molecule has 2 aromatic rings. The molecular formula is C14H12O5. The van der Waals surface area contributed by atoms with Crippen molar-refractivity contribution in [2.75, 3.05) is 0 Å². The van der Waals surface area contributed by atoms with E-state index in [0.717, 1.165) is 17.0 Å². The molecule has 0 aliphatic rings. The third kappa shape index (κ3) is 2.82. The van der Waals surface area contributed by atoms with Gasteiger partial charge in [-0.1, -0.05) is 0 Å². The number of hydrogen-bond acceptors (Lipinski definition) is 4. The number of ether oxygens (including phenoxy) is 1. The first kappa shape index (κ1) is 12.9. The van der Waals surface area contributed by atoms with Crippen LogP contribution in [0.15, 0.2) is 28.9 Å². The number of aryl methyl sites for hydroxylation is 1. The van der Waals surface area contributed by atoms with Crippen LogP contribution in [0.2, 0.25) is 0 Å². The summed E-state index contributed by atoms with van der Waals surface area (Å²) < 4.78 is 10.4. The lowest BCUT2D eigenvalue weighted by molar-refractivity contribution is -0.132. The predicted octanol–water partition coefficient (Wildman–Crippen LogP) is 2.76. The summed E-state index contributed by atoms with van der Waals surface area (Å²) in [5.74, 6) is -1.28. The molecule has 0 aliphatic heterocycles. The maximum atomic E-state index is 11.1. The standard InChI is InChI=1S/C14H12O5/c1-8-7-18-13-6-12(19-9(2)15)10(5-11(8)13)3-4-14(16)17/h3-7H,1-2H3,(H,16,17)/b4-3-. The maximum absolute atomic E-state index is 11.1. The number of benzene rings is 1. The summed E-state index contributed by atoms with van der Waals surface area (Å²) in [6.45, 7) is 3.16. The van der Waals surface area contributed by atoms with Crippen molar-refractivity contribution in [3.63, 3.8) is 0 Å². The first-order valence-corrected chi connectivity index (χ1v) is 5.58. The molecule has 98 valence electrons. The fourth-order valence-corrected chi connectivity index (χ4v) is 1.73. The van der Waals surface area contributed by atoms with Crippen molar-refractivity contribution in [3.05, 3.63) is 35.6 Å². The van der Waals surface area contributed by atoms with Crippen LogP contribution >= 0.6 is 0 Å². The van der Waals surface area contributed by atoms with Gasteiger partial charge in [0.05, 0.1) is 6.26 Å². The van der Waals surface area contributed by atoms with Crippen molar-refractivity contribution in [2.45, 2.75) is 13.8 Å². The number of carbonyl (C=O) groups excluding carboxylic acids is 1. The quantitative estimate of drug-likeness (QED) is 0.521. The van der Waals surface area contributed by atoms with Gasteiger partial charge in [-0.2, -0.15) is 0 Å². The Morgan fingerprint density at radius 2 is 2.11 bits per heavy atom. The number of esters is 1. The summed E-state index contributed by atoms with van der Waals surface area (Å²) in [5, 5.41) is 9.51. The molecule has 0 unspecified atom stereocenters. The van der Waals surface area contributed by atoms with Gasteiger partial charge in [-0.25, -0.2) is 4.79 Å². The average Bonchev–Trinajstić information content (AvgIpc) is 2.67. The van der Waals surface area contributed by atoms with Crippen molar-refractivity contribution >= 4 is 29.0 Å². The summed E-state index contributed by atoms with van der Waals surface area (Å²) >= 11 is 0. The number of carboxylic acid groups (broad SMARTS) is 1. The molecule has 0 bridgehead atoms. The summed E-state index contributed by atoms with van der Waals surface area (Å²) in [6, 6.07) is 3.30. The molecule has 1 aromatic heterocycles. The van der Waals surface area contributed by atoms with Gasteiger partial charge in [-0.15, -0.1) is 0 Å². The van der Waals surface area contributed by atoms with E-state index in [-0.39, 0.29) is 5.75 Å². The number of carbonyl (C=O) groups is 2. The molecule has 0 aliphatic carbocycles. The first-order valence-electron chi connectivity index (χ1n) is 5.58. The van der Waals surface area contributed by atoms with Gasteiger partial charge in [0.15, 0.2) is 0 Å². The van der Waals surface area contributed by atoms with Crippen LogP contribution in [0.1, 0.15) is 18.1 Å². The molecular weight excluding hydrogens is 248 g/mol. The number of furan rings is 1. The minimum Gasteiger partial charge on any atom is -0.478 e. The molecule has 2 rings (SSSR count). The molecule has 1 heterocycles. The molecule has 0 saturated heterocycles. The largest absolute Gasteiger partial charge is 0.478 e. The van der Waals surface area contributed by atoms with Crippen LogP contribution in [0.3, 0.4) is 0 Å². The third-order valence-electron chi connectivity index (χ3n) is 2.56. The Bertz CT molecular complexity index is 678. The Balaban J connectivity index is 2.58. The minimum atomic E-state index is -1.07. The highest BCUT2D eigenvalue weighted by molar-refractivity contribution is 5.90. The first-order chi connectivity index (χ1) is 8.97. The number of fused-ring (bicyclic) bond motifs is 1. The Kier molecular flexibility index (Phi) is 3.37. The van der Waals surface area contributed by atoms with E-state index in [4.69, 9.17) is 14.3 Å². The van der Waals surface area contributed by atoms with Crippen molar-refractivity contribution in [1.82, 2.24) is 0 Å². The average molecular weight is 260 g/mol. The highest BCUT2D eigenvalue weighted by atomic mass is 16.5. The number of carboxylic acids is 1. The molecule has 5 heteroatoms. The van der Waals surface area contributed by atoms with E-state index in [1.165, 1.54) is 13.0 Å². The minimum absolute atomic E-state index is 0.270. The second-order valence-corrected chi connectivity index (χ2v) is 4.07. The molecule has 0 atom stereocenters. The van der Waals surface area contributed by atoms with Gasteiger partial charge in [-0.05, 0) is 24.6 Å². The van der Waals surface area contributed by atoms with Crippen LogP contribution in [0, 0.1) is 6.92 Å². The van der Waals surface area contributed by atoms with Gasteiger partial charge in [0.1, 0.15) is 11.3 Å². The summed E-state index contributed by atoms with van der Waals surface area (Å²) in [5.41, 5.74) is 2.02. The zero-order valence-corrected chi connectivity index (χ0v) is 10.5. The molecule has 0 saturated carbocycles. The highest BCUT2D eigenvalue weighted by Crippen LogP contribution is 2.30. The lowest BCUT2D eigenvalue weighted by Crippen LogP contribution is -2.02. The smallest absolute Gasteiger partial charge is 0.328 e. The molecule has 0 amide bonds. The fourth-order valence-electron chi connectivity index (χ4n) is 1.73. The third-order valence-corrected chi connectivity index (χ3v) is 2.56. The SMILES string of the molecule is CC(=O)Oc1cc2occ(C)c2cc1/C=C\C(=O)O. The van der Waals surface area contributed by atoms with E-state index in [9.17, 15) is 9.59 Å². The molecule has 5 nitrogen and oxygen atoms in total.